The van der Waals surface area contributed by atoms with E-state index in [2.05, 4.69) is 16.0 Å². The standard InChI is InChI=1S/C19H11N3O/c1-2-4-15-12(3-1)5-6-16(22-15)18-19-14(8-10-21-18)13-7-9-20-11-17(13)23-19/h1-11H. The normalized spacial score (nSPS) is 11.5. The zero-order valence-electron chi connectivity index (χ0n) is 12.1. The lowest BCUT2D eigenvalue weighted by Crippen LogP contribution is -1.88. The largest absolute Gasteiger partial charge is 0.452 e. The lowest BCUT2D eigenvalue weighted by Gasteiger charge is -2.03. The zero-order chi connectivity index (χ0) is 15.2. The highest BCUT2D eigenvalue weighted by Crippen LogP contribution is 2.33. The summed E-state index contributed by atoms with van der Waals surface area (Å²) in [5.41, 5.74) is 4.02. The van der Waals surface area contributed by atoms with Crippen molar-refractivity contribution in [3.8, 4) is 11.4 Å². The zero-order valence-corrected chi connectivity index (χ0v) is 12.1. The first-order chi connectivity index (χ1) is 11.4. The van der Waals surface area contributed by atoms with Crippen LogP contribution in [0.15, 0.2) is 71.5 Å². The first-order valence-corrected chi connectivity index (χ1v) is 7.37. The Balaban J connectivity index is 1.84. The number of rotatable bonds is 1. The van der Waals surface area contributed by atoms with Gasteiger partial charge in [-0.05, 0) is 24.3 Å². The van der Waals surface area contributed by atoms with E-state index in [1.165, 1.54) is 0 Å². The van der Waals surface area contributed by atoms with Crippen molar-refractivity contribution < 1.29 is 4.42 Å². The van der Waals surface area contributed by atoms with Crippen LogP contribution >= 0.6 is 0 Å². The molecule has 4 heteroatoms. The first-order valence-electron chi connectivity index (χ1n) is 7.37. The van der Waals surface area contributed by atoms with Gasteiger partial charge in [-0.25, -0.2) is 4.98 Å². The number of nitrogens with zero attached hydrogens (tertiary/aromatic N) is 3. The molecule has 0 saturated heterocycles. The molecule has 0 spiro atoms. The van der Waals surface area contributed by atoms with E-state index in [0.717, 1.165) is 44.2 Å². The van der Waals surface area contributed by atoms with Crippen LogP contribution in [0.1, 0.15) is 0 Å². The smallest absolute Gasteiger partial charge is 0.163 e. The minimum atomic E-state index is 0.748. The Bertz CT molecular complexity index is 1180. The molecule has 5 aromatic rings. The molecular weight excluding hydrogens is 286 g/mol. The van der Waals surface area contributed by atoms with Gasteiger partial charge < -0.3 is 4.42 Å². The molecular formula is C19H11N3O. The predicted molar refractivity (Wildman–Crippen MR) is 90.0 cm³/mol. The maximum atomic E-state index is 5.99. The molecule has 5 rings (SSSR count). The Labute approximate surface area is 131 Å². The van der Waals surface area contributed by atoms with E-state index >= 15 is 0 Å². The van der Waals surface area contributed by atoms with Crippen molar-refractivity contribution in [3.05, 3.63) is 67.1 Å². The molecule has 4 heterocycles. The number of hydrogen-bond acceptors (Lipinski definition) is 4. The molecule has 0 aliphatic rings. The van der Waals surface area contributed by atoms with E-state index < -0.39 is 0 Å². The van der Waals surface area contributed by atoms with Crippen molar-refractivity contribution >= 4 is 32.8 Å². The molecule has 0 amide bonds. The van der Waals surface area contributed by atoms with Gasteiger partial charge >= 0.3 is 0 Å². The van der Waals surface area contributed by atoms with E-state index in [-0.39, 0.29) is 0 Å². The molecule has 0 unspecified atom stereocenters. The molecule has 4 nitrogen and oxygen atoms in total. The Morgan fingerprint density at radius 1 is 0.826 bits per heavy atom. The SMILES string of the molecule is c1ccc2nc(-c3nccc4c3oc3cnccc34)ccc2c1. The molecule has 108 valence electrons. The molecule has 0 bridgehead atoms. The van der Waals surface area contributed by atoms with Gasteiger partial charge in [-0.2, -0.15) is 0 Å². The van der Waals surface area contributed by atoms with Crippen LogP contribution in [0.3, 0.4) is 0 Å². The highest BCUT2D eigenvalue weighted by Gasteiger charge is 2.14. The molecule has 4 aromatic heterocycles. The van der Waals surface area contributed by atoms with E-state index in [1.54, 1.807) is 18.6 Å². The van der Waals surface area contributed by atoms with E-state index in [9.17, 15) is 0 Å². The summed E-state index contributed by atoms with van der Waals surface area (Å²) in [7, 11) is 0. The third-order valence-corrected chi connectivity index (χ3v) is 4.03. The van der Waals surface area contributed by atoms with Gasteiger partial charge in [0.05, 0.1) is 17.4 Å². The predicted octanol–water partition coefficient (Wildman–Crippen LogP) is 4.59. The average Bonchev–Trinajstić information content (AvgIpc) is 3.00. The molecule has 0 fully saturated rings. The van der Waals surface area contributed by atoms with Gasteiger partial charge in [0.25, 0.3) is 0 Å². The van der Waals surface area contributed by atoms with Crippen molar-refractivity contribution in [3.63, 3.8) is 0 Å². The number of furan rings is 1. The molecule has 0 aliphatic carbocycles. The number of fused-ring (bicyclic) bond motifs is 4. The summed E-state index contributed by atoms with van der Waals surface area (Å²) in [5, 5.41) is 3.18. The maximum absolute atomic E-state index is 5.99. The van der Waals surface area contributed by atoms with Gasteiger partial charge in [0, 0.05) is 28.6 Å². The highest BCUT2D eigenvalue weighted by atomic mass is 16.3. The Morgan fingerprint density at radius 3 is 2.74 bits per heavy atom. The van der Waals surface area contributed by atoms with Crippen molar-refractivity contribution in [2.24, 2.45) is 0 Å². The van der Waals surface area contributed by atoms with Gasteiger partial charge in [0.1, 0.15) is 5.69 Å². The quantitative estimate of drug-likeness (QED) is 0.454. The Morgan fingerprint density at radius 2 is 1.74 bits per heavy atom. The van der Waals surface area contributed by atoms with Crippen LogP contribution in [0.4, 0.5) is 0 Å². The van der Waals surface area contributed by atoms with Gasteiger partial charge in [-0.1, -0.05) is 24.3 Å². The number of aromatic nitrogens is 3. The minimum absolute atomic E-state index is 0.748. The van der Waals surface area contributed by atoms with Crippen molar-refractivity contribution in [2.45, 2.75) is 0 Å². The van der Waals surface area contributed by atoms with E-state index in [1.807, 2.05) is 42.5 Å². The third-order valence-electron chi connectivity index (χ3n) is 4.03. The maximum Gasteiger partial charge on any atom is 0.163 e. The lowest BCUT2D eigenvalue weighted by molar-refractivity contribution is 0.666. The number of pyridine rings is 3. The van der Waals surface area contributed by atoms with Gasteiger partial charge in [0.15, 0.2) is 11.2 Å². The minimum Gasteiger partial charge on any atom is -0.452 e. The molecule has 0 saturated carbocycles. The third kappa shape index (κ3) is 1.82. The van der Waals surface area contributed by atoms with Crippen molar-refractivity contribution in [2.75, 3.05) is 0 Å². The summed E-state index contributed by atoms with van der Waals surface area (Å²) in [6, 6.07) is 16.0. The molecule has 0 N–H and O–H groups in total. The summed E-state index contributed by atoms with van der Waals surface area (Å²) in [6.45, 7) is 0. The van der Waals surface area contributed by atoms with Crippen LogP contribution in [-0.2, 0) is 0 Å². The van der Waals surface area contributed by atoms with Crippen molar-refractivity contribution in [1.82, 2.24) is 15.0 Å². The fraction of sp³-hybridized carbons (Fsp3) is 0. The number of hydrogen-bond donors (Lipinski definition) is 0. The molecule has 1 aromatic carbocycles. The van der Waals surface area contributed by atoms with Crippen LogP contribution in [0.2, 0.25) is 0 Å². The lowest BCUT2D eigenvalue weighted by atomic mass is 10.1. The monoisotopic (exact) mass is 297 g/mol. The fourth-order valence-corrected chi connectivity index (χ4v) is 2.94. The van der Waals surface area contributed by atoms with Crippen LogP contribution in [0.5, 0.6) is 0 Å². The van der Waals surface area contributed by atoms with Crippen LogP contribution in [-0.4, -0.2) is 15.0 Å². The summed E-state index contributed by atoms with van der Waals surface area (Å²) < 4.78 is 5.99. The second kappa shape index (κ2) is 4.61. The summed E-state index contributed by atoms with van der Waals surface area (Å²) >= 11 is 0. The van der Waals surface area contributed by atoms with Crippen molar-refractivity contribution in [1.29, 1.82) is 0 Å². The summed E-state index contributed by atoms with van der Waals surface area (Å²) in [4.78, 5) is 13.4. The van der Waals surface area contributed by atoms with Gasteiger partial charge in [0.2, 0.25) is 0 Å². The van der Waals surface area contributed by atoms with E-state index in [4.69, 9.17) is 9.40 Å². The highest BCUT2D eigenvalue weighted by molar-refractivity contribution is 6.08. The second-order valence-corrected chi connectivity index (χ2v) is 5.40. The summed E-state index contributed by atoms with van der Waals surface area (Å²) in [5.74, 6) is 0. The van der Waals surface area contributed by atoms with Crippen LogP contribution in [0.25, 0.3) is 44.2 Å². The topological polar surface area (TPSA) is 51.8 Å². The number of benzene rings is 1. The van der Waals surface area contributed by atoms with E-state index in [0.29, 0.717) is 0 Å². The fourth-order valence-electron chi connectivity index (χ4n) is 2.94. The van der Waals surface area contributed by atoms with Crippen LogP contribution in [0, 0.1) is 0 Å². The Kier molecular flexibility index (Phi) is 2.46. The molecule has 23 heavy (non-hydrogen) atoms. The number of para-hydroxylation sites is 1. The summed E-state index contributed by atoms with van der Waals surface area (Å²) in [6.07, 6.45) is 5.29. The average molecular weight is 297 g/mol. The van der Waals surface area contributed by atoms with Gasteiger partial charge in [-0.3, -0.25) is 9.97 Å². The van der Waals surface area contributed by atoms with Crippen LogP contribution < -0.4 is 0 Å². The Hall–Kier alpha value is -3.27. The molecule has 0 radical (unpaired) electrons. The molecule has 0 atom stereocenters. The molecule has 0 aliphatic heterocycles. The van der Waals surface area contributed by atoms with Gasteiger partial charge in [-0.15, -0.1) is 0 Å². The second-order valence-electron chi connectivity index (χ2n) is 5.40. The first kappa shape index (κ1) is 12.3.